The van der Waals surface area contributed by atoms with Crippen molar-refractivity contribution in [2.75, 3.05) is 37.6 Å². The Bertz CT molecular complexity index is 813. The number of rotatable bonds is 5. The molecule has 1 unspecified atom stereocenters. The summed E-state index contributed by atoms with van der Waals surface area (Å²) >= 11 is 3.38. The number of aromatic nitrogens is 1. The quantitative estimate of drug-likeness (QED) is 0.757. The first-order valence-electron chi connectivity index (χ1n) is 9.84. The Morgan fingerprint density at radius 2 is 1.93 bits per heavy atom. The van der Waals surface area contributed by atoms with Gasteiger partial charge < -0.3 is 9.80 Å². The summed E-state index contributed by atoms with van der Waals surface area (Å²) in [5, 5.41) is 1.21. The number of anilines is 1. The van der Waals surface area contributed by atoms with Crippen molar-refractivity contribution in [3.05, 3.63) is 24.3 Å². The van der Waals surface area contributed by atoms with Crippen LogP contribution in [0.15, 0.2) is 24.3 Å². The summed E-state index contributed by atoms with van der Waals surface area (Å²) < 4.78 is 5.93. The number of amides is 1. The second-order valence-electron chi connectivity index (χ2n) is 7.79. The molecular formula is C20H28N4OS2. The Morgan fingerprint density at radius 3 is 2.67 bits per heavy atom. The average molecular weight is 405 g/mol. The van der Waals surface area contributed by atoms with Crippen molar-refractivity contribution in [3.63, 3.8) is 0 Å². The third-order valence-electron chi connectivity index (χ3n) is 5.57. The van der Waals surface area contributed by atoms with E-state index in [9.17, 15) is 4.79 Å². The number of carbonyl (C=O) groups excluding carboxylic acids is 1. The lowest BCUT2D eigenvalue weighted by Crippen LogP contribution is -2.52. The SMILES string of the molecule is CCCCN1C(=O)C(N2CCN(c3nsc4ccccc34)CC2)SC1(C)C. The number of hydrogen-bond donors (Lipinski definition) is 0. The second kappa shape index (κ2) is 7.60. The van der Waals surface area contributed by atoms with Crippen molar-refractivity contribution in [3.8, 4) is 0 Å². The van der Waals surface area contributed by atoms with Gasteiger partial charge in [0.2, 0.25) is 0 Å². The van der Waals surface area contributed by atoms with Crippen LogP contribution in [0, 0.1) is 0 Å². The number of piperazine rings is 1. The lowest BCUT2D eigenvalue weighted by Gasteiger charge is -2.37. The highest BCUT2D eigenvalue weighted by molar-refractivity contribution is 8.02. The smallest absolute Gasteiger partial charge is 0.251 e. The Labute approximate surface area is 169 Å². The van der Waals surface area contributed by atoms with Crippen LogP contribution in [0.4, 0.5) is 5.82 Å². The van der Waals surface area contributed by atoms with Crippen molar-refractivity contribution in [2.45, 2.75) is 43.9 Å². The Kier molecular flexibility index (Phi) is 5.36. The highest BCUT2D eigenvalue weighted by Crippen LogP contribution is 2.42. The van der Waals surface area contributed by atoms with Gasteiger partial charge in [-0.1, -0.05) is 25.5 Å². The molecule has 2 aliphatic heterocycles. The molecular weight excluding hydrogens is 376 g/mol. The highest BCUT2D eigenvalue weighted by atomic mass is 32.2. The first-order chi connectivity index (χ1) is 13.0. The van der Waals surface area contributed by atoms with Crippen LogP contribution in [0.3, 0.4) is 0 Å². The first-order valence-corrected chi connectivity index (χ1v) is 11.5. The molecule has 0 saturated carbocycles. The maximum Gasteiger partial charge on any atom is 0.251 e. The molecule has 0 radical (unpaired) electrons. The minimum atomic E-state index is -0.112. The van der Waals surface area contributed by atoms with Gasteiger partial charge in [-0.05, 0) is 43.9 Å². The summed E-state index contributed by atoms with van der Waals surface area (Å²) in [6, 6.07) is 8.44. The molecule has 1 aromatic carbocycles. The zero-order valence-electron chi connectivity index (χ0n) is 16.4. The highest BCUT2D eigenvalue weighted by Gasteiger charge is 2.48. The van der Waals surface area contributed by atoms with Crippen LogP contribution >= 0.6 is 23.3 Å². The van der Waals surface area contributed by atoms with Crippen LogP contribution in [0.25, 0.3) is 10.1 Å². The minimum absolute atomic E-state index is 0.0359. The number of nitrogens with zero attached hydrogens (tertiary/aromatic N) is 4. The van der Waals surface area contributed by atoms with E-state index < -0.39 is 0 Å². The van der Waals surface area contributed by atoms with E-state index >= 15 is 0 Å². The predicted molar refractivity (Wildman–Crippen MR) is 115 cm³/mol. The van der Waals surface area contributed by atoms with E-state index in [1.165, 1.54) is 10.1 Å². The van der Waals surface area contributed by atoms with E-state index in [1.807, 2.05) is 11.8 Å². The molecule has 2 aromatic rings. The van der Waals surface area contributed by atoms with E-state index in [4.69, 9.17) is 4.37 Å². The maximum atomic E-state index is 13.1. The van der Waals surface area contributed by atoms with Crippen LogP contribution in [-0.4, -0.2) is 63.0 Å². The van der Waals surface area contributed by atoms with E-state index in [-0.39, 0.29) is 10.2 Å². The molecule has 4 rings (SSSR count). The van der Waals surface area contributed by atoms with E-state index in [0.29, 0.717) is 5.91 Å². The molecule has 0 bridgehead atoms. The van der Waals surface area contributed by atoms with Gasteiger partial charge in [-0.3, -0.25) is 9.69 Å². The number of unbranched alkanes of at least 4 members (excludes halogenated alkanes) is 1. The van der Waals surface area contributed by atoms with Gasteiger partial charge in [-0.2, -0.15) is 4.37 Å². The standard InChI is InChI=1S/C20H28N4OS2/c1-4-5-10-24-18(25)19(26-20(24,2)3)23-13-11-22(12-14-23)17-15-8-6-7-9-16(15)27-21-17/h6-9,19H,4-5,10-14H2,1-3H3. The summed E-state index contributed by atoms with van der Waals surface area (Å²) in [5.41, 5.74) is 0. The summed E-state index contributed by atoms with van der Waals surface area (Å²) in [4.78, 5) is 19.8. The van der Waals surface area contributed by atoms with Gasteiger partial charge >= 0.3 is 0 Å². The first kappa shape index (κ1) is 19.0. The molecule has 1 amide bonds. The fourth-order valence-corrected chi connectivity index (χ4v) is 6.22. The van der Waals surface area contributed by atoms with Crippen molar-refractivity contribution >= 4 is 45.1 Å². The fraction of sp³-hybridized carbons (Fsp3) is 0.600. The fourth-order valence-electron chi connectivity index (χ4n) is 3.98. The van der Waals surface area contributed by atoms with Gasteiger partial charge in [0, 0.05) is 38.1 Å². The lowest BCUT2D eigenvalue weighted by atomic mass is 10.2. The monoisotopic (exact) mass is 404 g/mol. The van der Waals surface area contributed by atoms with E-state index in [0.717, 1.165) is 51.4 Å². The zero-order chi connectivity index (χ0) is 19.0. The van der Waals surface area contributed by atoms with Crippen LogP contribution < -0.4 is 4.90 Å². The number of benzene rings is 1. The van der Waals surface area contributed by atoms with Crippen molar-refractivity contribution in [1.82, 2.24) is 14.2 Å². The average Bonchev–Trinajstić information content (AvgIpc) is 3.19. The van der Waals surface area contributed by atoms with Crippen molar-refractivity contribution in [1.29, 1.82) is 0 Å². The molecule has 7 heteroatoms. The van der Waals surface area contributed by atoms with Gasteiger partial charge in [0.05, 0.1) is 9.57 Å². The van der Waals surface area contributed by atoms with Crippen molar-refractivity contribution < 1.29 is 4.79 Å². The van der Waals surface area contributed by atoms with Gasteiger partial charge in [0.25, 0.3) is 5.91 Å². The van der Waals surface area contributed by atoms with E-state index in [1.54, 1.807) is 11.5 Å². The number of fused-ring (bicyclic) bond motifs is 1. The maximum absolute atomic E-state index is 13.1. The summed E-state index contributed by atoms with van der Waals surface area (Å²) in [5.74, 6) is 1.40. The molecule has 0 N–H and O–H groups in total. The molecule has 2 fully saturated rings. The molecule has 2 aliphatic rings. The summed E-state index contributed by atoms with van der Waals surface area (Å²) in [6.45, 7) is 11.1. The normalized spacial score (nSPS) is 23.5. The van der Waals surface area contributed by atoms with Crippen LogP contribution in [-0.2, 0) is 4.79 Å². The summed E-state index contributed by atoms with van der Waals surface area (Å²) in [7, 11) is 0. The van der Waals surface area contributed by atoms with Gasteiger partial charge in [0.1, 0.15) is 11.2 Å². The van der Waals surface area contributed by atoms with Crippen LogP contribution in [0.2, 0.25) is 0 Å². The molecule has 146 valence electrons. The Hall–Kier alpha value is -1.31. The number of hydrogen-bond acceptors (Lipinski definition) is 6. The molecule has 5 nitrogen and oxygen atoms in total. The molecule has 3 heterocycles. The molecule has 27 heavy (non-hydrogen) atoms. The topological polar surface area (TPSA) is 39.7 Å². The molecule has 0 aliphatic carbocycles. The third-order valence-corrected chi connectivity index (χ3v) is 7.90. The van der Waals surface area contributed by atoms with Gasteiger partial charge in [-0.25, -0.2) is 0 Å². The lowest BCUT2D eigenvalue weighted by molar-refractivity contribution is -0.134. The number of thioether (sulfide) groups is 1. The van der Waals surface area contributed by atoms with Crippen LogP contribution in [0.5, 0.6) is 0 Å². The van der Waals surface area contributed by atoms with E-state index in [2.05, 4.69) is 59.7 Å². The summed E-state index contributed by atoms with van der Waals surface area (Å²) in [6.07, 6.45) is 2.20. The Balaban J connectivity index is 1.43. The largest absolute Gasteiger partial charge is 0.353 e. The van der Waals surface area contributed by atoms with Gasteiger partial charge in [0.15, 0.2) is 0 Å². The molecule has 1 atom stereocenters. The third kappa shape index (κ3) is 3.57. The van der Waals surface area contributed by atoms with Gasteiger partial charge in [-0.15, -0.1) is 11.8 Å². The second-order valence-corrected chi connectivity index (χ2v) is 10.3. The molecule has 0 spiro atoms. The predicted octanol–water partition coefficient (Wildman–Crippen LogP) is 3.86. The minimum Gasteiger partial charge on any atom is -0.353 e. The molecule has 1 aromatic heterocycles. The Morgan fingerprint density at radius 1 is 1.19 bits per heavy atom. The molecule has 2 saturated heterocycles. The zero-order valence-corrected chi connectivity index (χ0v) is 18.0. The van der Waals surface area contributed by atoms with Crippen molar-refractivity contribution in [2.24, 2.45) is 0 Å². The number of carbonyl (C=O) groups is 1. The van der Waals surface area contributed by atoms with Crippen LogP contribution in [0.1, 0.15) is 33.6 Å².